The summed E-state index contributed by atoms with van der Waals surface area (Å²) in [5.74, 6) is 4.82. The predicted octanol–water partition coefficient (Wildman–Crippen LogP) is 2.17. The molecule has 0 radical (unpaired) electrons. The van der Waals surface area contributed by atoms with E-state index >= 15 is 0 Å². The number of nitrogen functional groups attached to an aromatic ring is 1. The summed E-state index contributed by atoms with van der Waals surface area (Å²) < 4.78 is 38.2. The van der Waals surface area contributed by atoms with Crippen LogP contribution in [0.25, 0.3) is 0 Å². The molecule has 3 N–H and O–H groups in total. The van der Waals surface area contributed by atoms with Crippen molar-refractivity contribution in [1.29, 1.82) is 0 Å². The van der Waals surface area contributed by atoms with E-state index in [1.807, 2.05) is 0 Å². The number of nitrogens with one attached hydrogen (secondary N) is 1. The van der Waals surface area contributed by atoms with E-state index in [4.69, 9.17) is 5.73 Å². The fourth-order valence-corrected chi connectivity index (χ4v) is 1.36. The van der Waals surface area contributed by atoms with Crippen molar-refractivity contribution in [2.24, 2.45) is 0 Å². The Labute approximate surface area is 109 Å². The highest BCUT2D eigenvalue weighted by molar-refractivity contribution is 5.72. The number of amides is 1. The summed E-state index contributed by atoms with van der Waals surface area (Å²) in [4.78, 5) is 10.6. The lowest BCUT2D eigenvalue weighted by atomic mass is 10.1. The Hall–Kier alpha value is -2.16. The third-order valence-electron chi connectivity index (χ3n) is 2.20. The van der Waals surface area contributed by atoms with Crippen LogP contribution in [0.15, 0.2) is 18.2 Å². The quantitative estimate of drug-likeness (QED) is 0.491. The van der Waals surface area contributed by atoms with Crippen LogP contribution in [0.1, 0.15) is 24.5 Å². The summed E-state index contributed by atoms with van der Waals surface area (Å²) in [6.07, 6.45) is -4.21. The van der Waals surface area contributed by atoms with Crippen LogP contribution >= 0.6 is 0 Å². The molecule has 1 rings (SSSR count). The molecule has 1 aromatic carbocycles. The summed E-state index contributed by atoms with van der Waals surface area (Å²) in [7, 11) is 0. The van der Waals surface area contributed by atoms with Crippen LogP contribution in [0.2, 0.25) is 0 Å². The molecule has 0 aliphatic heterocycles. The largest absolute Gasteiger partial charge is 0.417 e. The Morgan fingerprint density at radius 1 is 1.42 bits per heavy atom. The summed E-state index contributed by atoms with van der Waals surface area (Å²) in [5.41, 5.74) is 4.41. The number of benzene rings is 1. The number of nitrogens with two attached hydrogens (primary N) is 1. The van der Waals surface area contributed by atoms with E-state index in [2.05, 4.69) is 17.2 Å². The zero-order chi connectivity index (χ0) is 14.5. The number of alkyl halides is 3. The molecule has 0 fully saturated rings. The van der Waals surface area contributed by atoms with E-state index in [9.17, 15) is 18.0 Å². The summed E-state index contributed by atoms with van der Waals surface area (Å²) >= 11 is 0. The number of hydrogen-bond donors (Lipinski definition) is 2. The number of carbonyl (C=O) groups is 1. The van der Waals surface area contributed by atoms with Crippen LogP contribution in [0.5, 0.6) is 0 Å². The molecule has 1 aromatic rings. The average Bonchev–Trinajstić information content (AvgIpc) is 2.28. The zero-order valence-electron chi connectivity index (χ0n) is 10.3. The molecule has 0 spiro atoms. The van der Waals surface area contributed by atoms with Gasteiger partial charge in [0.15, 0.2) is 0 Å². The molecule has 0 aromatic heterocycles. The standard InChI is InChI=1S/C13H13F3N2O/c1-9(19)18-7-3-2-4-10-5-6-11(17)8-12(10)13(14,15)16/h5-6,8H,3,7,17H2,1H3,(H,18,19). The molecular formula is C13H13F3N2O. The monoisotopic (exact) mass is 270 g/mol. The van der Waals surface area contributed by atoms with Gasteiger partial charge in [0.2, 0.25) is 5.91 Å². The number of halogens is 3. The molecule has 0 bridgehead atoms. The smallest absolute Gasteiger partial charge is 0.399 e. The first-order valence-electron chi connectivity index (χ1n) is 5.50. The van der Waals surface area contributed by atoms with E-state index in [0.717, 1.165) is 6.07 Å². The molecule has 3 nitrogen and oxygen atoms in total. The van der Waals surface area contributed by atoms with Crippen molar-refractivity contribution < 1.29 is 18.0 Å². The van der Waals surface area contributed by atoms with Crippen molar-refractivity contribution in [2.45, 2.75) is 19.5 Å². The number of anilines is 1. The first-order chi connectivity index (χ1) is 8.80. The fourth-order valence-electron chi connectivity index (χ4n) is 1.36. The van der Waals surface area contributed by atoms with Gasteiger partial charge in [0.25, 0.3) is 0 Å². The van der Waals surface area contributed by atoms with E-state index in [-0.39, 0.29) is 23.6 Å². The third kappa shape index (κ3) is 4.92. The van der Waals surface area contributed by atoms with Gasteiger partial charge in [-0.05, 0) is 18.2 Å². The van der Waals surface area contributed by atoms with E-state index in [0.29, 0.717) is 6.54 Å². The van der Waals surface area contributed by atoms with Crippen LogP contribution in [-0.2, 0) is 11.0 Å². The average molecular weight is 270 g/mol. The Morgan fingerprint density at radius 3 is 2.68 bits per heavy atom. The number of rotatable bonds is 2. The molecule has 0 saturated carbocycles. The molecule has 0 unspecified atom stereocenters. The molecular weight excluding hydrogens is 257 g/mol. The summed E-state index contributed by atoms with van der Waals surface area (Å²) in [5, 5.41) is 2.50. The van der Waals surface area contributed by atoms with Crippen molar-refractivity contribution in [3.8, 4) is 11.8 Å². The Kier molecular flexibility index (Phi) is 4.81. The highest BCUT2D eigenvalue weighted by atomic mass is 19.4. The Morgan fingerprint density at radius 2 is 2.11 bits per heavy atom. The van der Waals surface area contributed by atoms with Crippen LogP contribution in [0.4, 0.5) is 18.9 Å². The third-order valence-corrected chi connectivity index (χ3v) is 2.20. The van der Waals surface area contributed by atoms with E-state index in [1.54, 1.807) is 0 Å². The van der Waals surface area contributed by atoms with Gasteiger partial charge >= 0.3 is 6.18 Å². The van der Waals surface area contributed by atoms with Gasteiger partial charge in [-0.1, -0.05) is 11.8 Å². The summed E-state index contributed by atoms with van der Waals surface area (Å²) in [6.45, 7) is 1.66. The fraction of sp³-hybridized carbons (Fsp3) is 0.308. The second-order valence-electron chi connectivity index (χ2n) is 3.84. The maximum Gasteiger partial charge on any atom is 0.417 e. The highest BCUT2D eigenvalue weighted by Gasteiger charge is 2.33. The first-order valence-corrected chi connectivity index (χ1v) is 5.50. The minimum Gasteiger partial charge on any atom is -0.399 e. The van der Waals surface area contributed by atoms with E-state index in [1.165, 1.54) is 19.1 Å². The predicted molar refractivity (Wildman–Crippen MR) is 66.0 cm³/mol. The highest BCUT2D eigenvalue weighted by Crippen LogP contribution is 2.32. The second kappa shape index (κ2) is 6.14. The molecule has 19 heavy (non-hydrogen) atoms. The van der Waals surface area contributed by atoms with Crippen molar-refractivity contribution in [3.05, 3.63) is 29.3 Å². The molecule has 0 aliphatic carbocycles. The number of hydrogen-bond acceptors (Lipinski definition) is 2. The topological polar surface area (TPSA) is 55.1 Å². The maximum atomic E-state index is 12.7. The molecule has 0 atom stereocenters. The van der Waals surface area contributed by atoms with Crippen molar-refractivity contribution >= 4 is 11.6 Å². The molecule has 0 heterocycles. The van der Waals surface area contributed by atoms with Gasteiger partial charge in [-0.3, -0.25) is 4.79 Å². The summed E-state index contributed by atoms with van der Waals surface area (Å²) in [6, 6.07) is 3.47. The molecule has 6 heteroatoms. The Bertz CT molecular complexity index is 527. The second-order valence-corrected chi connectivity index (χ2v) is 3.84. The van der Waals surface area contributed by atoms with Crippen LogP contribution in [0.3, 0.4) is 0 Å². The van der Waals surface area contributed by atoms with Gasteiger partial charge in [-0.25, -0.2) is 0 Å². The van der Waals surface area contributed by atoms with Crippen LogP contribution in [-0.4, -0.2) is 12.5 Å². The maximum absolute atomic E-state index is 12.7. The number of carbonyl (C=O) groups excluding carboxylic acids is 1. The zero-order valence-corrected chi connectivity index (χ0v) is 10.3. The lowest BCUT2D eigenvalue weighted by Gasteiger charge is -2.09. The minimum absolute atomic E-state index is 0.0381. The van der Waals surface area contributed by atoms with Gasteiger partial charge in [0, 0.05) is 31.1 Å². The molecule has 0 saturated heterocycles. The normalized spacial score (nSPS) is 10.5. The Balaban J connectivity index is 2.84. The van der Waals surface area contributed by atoms with Crippen LogP contribution in [0, 0.1) is 11.8 Å². The molecule has 0 aliphatic rings. The van der Waals surface area contributed by atoms with Gasteiger partial charge in [-0.15, -0.1) is 0 Å². The van der Waals surface area contributed by atoms with Crippen LogP contribution < -0.4 is 11.1 Å². The van der Waals surface area contributed by atoms with E-state index < -0.39 is 11.7 Å². The van der Waals surface area contributed by atoms with Crippen molar-refractivity contribution in [2.75, 3.05) is 12.3 Å². The SMILES string of the molecule is CC(=O)NCCC#Cc1ccc(N)cc1C(F)(F)F. The minimum atomic E-state index is -4.49. The molecule has 1 amide bonds. The van der Waals surface area contributed by atoms with Crippen molar-refractivity contribution in [1.82, 2.24) is 5.32 Å². The van der Waals surface area contributed by atoms with Gasteiger partial charge < -0.3 is 11.1 Å². The van der Waals surface area contributed by atoms with Gasteiger partial charge in [0.05, 0.1) is 5.56 Å². The van der Waals surface area contributed by atoms with Crippen molar-refractivity contribution in [3.63, 3.8) is 0 Å². The van der Waals surface area contributed by atoms with Gasteiger partial charge in [0.1, 0.15) is 0 Å². The lowest BCUT2D eigenvalue weighted by molar-refractivity contribution is -0.137. The molecule has 102 valence electrons. The van der Waals surface area contributed by atoms with Gasteiger partial charge in [-0.2, -0.15) is 13.2 Å². The first kappa shape index (κ1) is 14.9. The lowest BCUT2D eigenvalue weighted by Crippen LogP contribution is -2.20.